The maximum absolute atomic E-state index is 11.7. The van der Waals surface area contributed by atoms with Gasteiger partial charge in [-0.25, -0.2) is 0 Å². The predicted octanol–water partition coefficient (Wildman–Crippen LogP) is 1.81. The summed E-state index contributed by atoms with van der Waals surface area (Å²) in [6, 6.07) is 3.54. The Morgan fingerprint density at radius 3 is 3.07 bits per heavy atom. The highest BCUT2D eigenvalue weighted by Gasteiger charge is 2.18. The first kappa shape index (κ1) is 10.5. The molecule has 1 aliphatic heterocycles. The van der Waals surface area contributed by atoms with Crippen LogP contribution in [0, 0.1) is 0 Å². The minimum atomic E-state index is -0.00259. The zero-order chi connectivity index (χ0) is 10.8. The van der Waals surface area contributed by atoms with E-state index < -0.39 is 0 Å². The molecule has 80 valence electrons. The molecule has 0 atom stereocenters. The Labute approximate surface area is 93.2 Å². The predicted molar refractivity (Wildman–Crippen MR) is 58.7 cm³/mol. The average Bonchev–Trinajstić information content (AvgIpc) is 2.63. The third-order valence-electron chi connectivity index (χ3n) is 2.45. The highest BCUT2D eigenvalue weighted by atomic mass is 35.5. The molecule has 4 heteroatoms. The number of hydrogen-bond donors (Lipinski definition) is 1. The van der Waals surface area contributed by atoms with Crippen molar-refractivity contribution in [2.24, 2.45) is 5.73 Å². The summed E-state index contributed by atoms with van der Waals surface area (Å²) in [5.74, 6) is 0.793. The molecule has 1 aromatic carbocycles. The second-order valence-electron chi connectivity index (χ2n) is 3.50. The minimum Gasteiger partial charge on any atom is -0.493 e. The number of benzene rings is 1. The Hall–Kier alpha value is -1.06. The molecule has 0 radical (unpaired) electrons. The van der Waals surface area contributed by atoms with Crippen LogP contribution in [0.25, 0.3) is 0 Å². The number of carbonyl (C=O) groups is 1. The van der Waals surface area contributed by atoms with Crippen molar-refractivity contribution in [2.45, 2.75) is 12.8 Å². The van der Waals surface area contributed by atoms with E-state index in [0.717, 1.165) is 17.7 Å². The van der Waals surface area contributed by atoms with Crippen LogP contribution < -0.4 is 10.5 Å². The van der Waals surface area contributed by atoms with E-state index in [-0.39, 0.29) is 5.78 Å². The zero-order valence-corrected chi connectivity index (χ0v) is 9.01. The Kier molecular flexibility index (Phi) is 2.93. The van der Waals surface area contributed by atoms with E-state index in [4.69, 9.17) is 22.1 Å². The molecule has 2 rings (SSSR count). The highest BCUT2D eigenvalue weighted by molar-refractivity contribution is 6.34. The maximum atomic E-state index is 11.7. The Morgan fingerprint density at radius 2 is 2.33 bits per heavy atom. The van der Waals surface area contributed by atoms with Gasteiger partial charge in [0.1, 0.15) is 5.75 Å². The summed E-state index contributed by atoms with van der Waals surface area (Å²) >= 11 is 6.00. The summed E-state index contributed by atoms with van der Waals surface area (Å²) in [5.41, 5.74) is 6.96. The summed E-state index contributed by atoms with van der Waals surface area (Å²) in [6.07, 6.45) is 1.18. The second kappa shape index (κ2) is 4.21. The fraction of sp³-hybridized carbons (Fsp3) is 0.364. The summed E-state index contributed by atoms with van der Waals surface area (Å²) in [4.78, 5) is 11.7. The smallest absolute Gasteiger partial charge is 0.165 e. The van der Waals surface area contributed by atoms with E-state index in [9.17, 15) is 4.79 Å². The van der Waals surface area contributed by atoms with E-state index in [1.807, 2.05) is 6.07 Å². The van der Waals surface area contributed by atoms with Gasteiger partial charge in [-0.1, -0.05) is 11.6 Å². The van der Waals surface area contributed by atoms with Crippen molar-refractivity contribution in [3.63, 3.8) is 0 Å². The number of hydrogen-bond acceptors (Lipinski definition) is 3. The van der Waals surface area contributed by atoms with Crippen LogP contribution in [-0.2, 0) is 6.42 Å². The molecule has 0 unspecified atom stereocenters. The molecule has 15 heavy (non-hydrogen) atoms. The molecule has 2 N–H and O–H groups in total. The van der Waals surface area contributed by atoms with Crippen LogP contribution in [0.3, 0.4) is 0 Å². The third-order valence-corrected chi connectivity index (χ3v) is 2.76. The number of ether oxygens (including phenoxy) is 1. The molecule has 0 aromatic heterocycles. The van der Waals surface area contributed by atoms with Gasteiger partial charge in [-0.2, -0.15) is 0 Å². The highest BCUT2D eigenvalue weighted by Crippen LogP contribution is 2.31. The topological polar surface area (TPSA) is 52.3 Å². The summed E-state index contributed by atoms with van der Waals surface area (Å²) in [7, 11) is 0. The Bertz CT molecular complexity index is 404. The summed E-state index contributed by atoms with van der Waals surface area (Å²) in [5, 5.41) is 0.453. The van der Waals surface area contributed by atoms with Gasteiger partial charge < -0.3 is 10.5 Å². The molecule has 1 heterocycles. The Balaban J connectivity index is 2.36. The first-order chi connectivity index (χ1) is 7.22. The molecule has 1 aliphatic rings. The quantitative estimate of drug-likeness (QED) is 0.799. The van der Waals surface area contributed by atoms with Crippen molar-refractivity contribution in [1.82, 2.24) is 0 Å². The van der Waals surface area contributed by atoms with Crippen LogP contribution in [0.15, 0.2) is 12.1 Å². The van der Waals surface area contributed by atoms with Gasteiger partial charge >= 0.3 is 0 Å². The second-order valence-corrected chi connectivity index (χ2v) is 3.91. The number of nitrogens with two attached hydrogens (primary N) is 1. The molecular formula is C11H12ClNO2. The first-order valence-corrected chi connectivity index (χ1v) is 5.28. The zero-order valence-electron chi connectivity index (χ0n) is 8.25. The van der Waals surface area contributed by atoms with Crippen LogP contribution in [0.5, 0.6) is 5.75 Å². The maximum Gasteiger partial charge on any atom is 0.165 e. The van der Waals surface area contributed by atoms with Crippen molar-refractivity contribution in [3.8, 4) is 5.75 Å². The van der Waals surface area contributed by atoms with E-state index >= 15 is 0 Å². The average molecular weight is 226 g/mol. The molecular weight excluding hydrogens is 214 g/mol. The molecule has 0 aliphatic carbocycles. The van der Waals surface area contributed by atoms with Gasteiger partial charge in [-0.05, 0) is 24.2 Å². The van der Waals surface area contributed by atoms with Gasteiger partial charge in [0, 0.05) is 18.4 Å². The van der Waals surface area contributed by atoms with Crippen molar-refractivity contribution in [2.75, 3.05) is 13.2 Å². The molecule has 0 saturated heterocycles. The van der Waals surface area contributed by atoms with Crippen molar-refractivity contribution in [3.05, 3.63) is 28.3 Å². The van der Waals surface area contributed by atoms with E-state index in [0.29, 0.717) is 30.2 Å². The SMILES string of the molecule is NCCC(=O)c1cc2c(cc1Cl)OCC2. The summed E-state index contributed by atoms with van der Waals surface area (Å²) < 4.78 is 5.35. The van der Waals surface area contributed by atoms with Crippen LogP contribution >= 0.6 is 11.6 Å². The molecule has 0 amide bonds. The molecule has 0 spiro atoms. The van der Waals surface area contributed by atoms with Crippen molar-refractivity contribution >= 4 is 17.4 Å². The van der Waals surface area contributed by atoms with Gasteiger partial charge in [0.2, 0.25) is 0 Å². The standard InChI is InChI=1S/C11H12ClNO2/c12-9-6-11-7(2-4-15-11)5-8(9)10(14)1-3-13/h5-6H,1-4,13H2. The lowest BCUT2D eigenvalue weighted by Crippen LogP contribution is -2.08. The molecule has 1 aromatic rings. The van der Waals surface area contributed by atoms with Crippen LogP contribution in [0.4, 0.5) is 0 Å². The van der Waals surface area contributed by atoms with Crippen molar-refractivity contribution < 1.29 is 9.53 Å². The third kappa shape index (κ3) is 1.98. The van der Waals surface area contributed by atoms with Crippen LogP contribution in [0.2, 0.25) is 5.02 Å². The molecule has 0 bridgehead atoms. The van der Waals surface area contributed by atoms with E-state index in [1.54, 1.807) is 6.07 Å². The summed E-state index contributed by atoms with van der Waals surface area (Å²) in [6.45, 7) is 1.02. The van der Waals surface area contributed by atoms with Crippen LogP contribution in [-0.4, -0.2) is 18.9 Å². The molecule has 0 fully saturated rings. The van der Waals surface area contributed by atoms with E-state index in [1.165, 1.54) is 0 Å². The number of ketones is 1. The first-order valence-electron chi connectivity index (χ1n) is 4.91. The fourth-order valence-corrected chi connectivity index (χ4v) is 1.94. The van der Waals surface area contributed by atoms with Gasteiger partial charge in [-0.3, -0.25) is 4.79 Å². The van der Waals surface area contributed by atoms with E-state index in [2.05, 4.69) is 0 Å². The van der Waals surface area contributed by atoms with Crippen LogP contribution in [0.1, 0.15) is 22.3 Å². The number of fused-ring (bicyclic) bond motifs is 1. The lowest BCUT2D eigenvalue weighted by molar-refractivity contribution is 0.0985. The molecule has 0 saturated carbocycles. The van der Waals surface area contributed by atoms with Gasteiger partial charge in [0.05, 0.1) is 11.6 Å². The number of halogens is 1. The lowest BCUT2D eigenvalue weighted by atomic mass is 10.0. The molecule has 3 nitrogen and oxygen atoms in total. The fourth-order valence-electron chi connectivity index (χ4n) is 1.68. The number of carbonyl (C=O) groups excluding carboxylic acids is 1. The van der Waals surface area contributed by atoms with Gasteiger partial charge in [0.25, 0.3) is 0 Å². The van der Waals surface area contributed by atoms with Gasteiger partial charge in [-0.15, -0.1) is 0 Å². The minimum absolute atomic E-state index is 0.00259. The number of rotatable bonds is 3. The normalized spacial score (nSPS) is 13.5. The number of Topliss-reactive ketones (excluding diaryl/α,β-unsaturated/α-hetero) is 1. The monoisotopic (exact) mass is 225 g/mol. The lowest BCUT2D eigenvalue weighted by Gasteiger charge is -2.05. The largest absolute Gasteiger partial charge is 0.493 e. The van der Waals surface area contributed by atoms with Crippen molar-refractivity contribution in [1.29, 1.82) is 0 Å². The Morgan fingerprint density at radius 1 is 1.53 bits per heavy atom. The van der Waals surface area contributed by atoms with Gasteiger partial charge in [0.15, 0.2) is 5.78 Å².